The number of carbonyl (C=O) groups excluding carboxylic acids is 2. The molecular formula is C23H37NO3. The Kier molecular flexibility index (Phi) is 4.44. The van der Waals surface area contributed by atoms with Crippen LogP contribution in [0.4, 0.5) is 0 Å². The molecule has 4 nitrogen and oxygen atoms in total. The van der Waals surface area contributed by atoms with Gasteiger partial charge in [-0.15, -0.1) is 0 Å². The Balaban J connectivity index is 1.70. The van der Waals surface area contributed by atoms with Crippen LogP contribution in [0.15, 0.2) is 0 Å². The van der Waals surface area contributed by atoms with Gasteiger partial charge in [0, 0.05) is 12.3 Å². The van der Waals surface area contributed by atoms with Gasteiger partial charge < -0.3 is 10.5 Å². The van der Waals surface area contributed by atoms with Gasteiger partial charge in [-0.05, 0) is 85.9 Å². The average molecular weight is 376 g/mol. The highest BCUT2D eigenvalue weighted by molar-refractivity contribution is 5.81. The number of esters is 1. The summed E-state index contributed by atoms with van der Waals surface area (Å²) in [6.07, 6.45) is 10.2. The number of fused-ring (bicyclic) bond motifs is 3. The van der Waals surface area contributed by atoms with Crippen LogP contribution in [0.2, 0.25) is 0 Å². The van der Waals surface area contributed by atoms with Crippen LogP contribution in [0, 0.1) is 39.9 Å². The average Bonchev–Trinajstić information content (AvgIpc) is 2.56. The quantitative estimate of drug-likeness (QED) is 0.725. The number of ether oxygens (including phenoxy) is 1. The van der Waals surface area contributed by atoms with Gasteiger partial charge in [-0.3, -0.25) is 9.59 Å². The molecule has 8 atom stereocenters. The van der Waals surface area contributed by atoms with E-state index in [0.29, 0.717) is 23.7 Å². The van der Waals surface area contributed by atoms with Crippen LogP contribution in [0.1, 0.15) is 85.5 Å². The summed E-state index contributed by atoms with van der Waals surface area (Å²) >= 11 is 0. The molecule has 0 aromatic carbocycles. The lowest BCUT2D eigenvalue weighted by Crippen LogP contribution is -2.62. The Labute approximate surface area is 164 Å². The molecule has 4 fully saturated rings. The van der Waals surface area contributed by atoms with Crippen LogP contribution in [0.25, 0.3) is 0 Å². The minimum atomic E-state index is -0.362. The number of hydrogen-bond acceptors (Lipinski definition) is 3. The van der Waals surface area contributed by atoms with Crippen LogP contribution < -0.4 is 5.73 Å². The van der Waals surface area contributed by atoms with Crippen LogP contribution in [0.5, 0.6) is 0 Å². The van der Waals surface area contributed by atoms with E-state index < -0.39 is 0 Å². The summed E-state index contributed by atoms with van der Waals surface area (Å²) in [6.45, 7) is 8.54. The lowest BCUT2D eigenvalue weighted by atomic mass is 9.37. The van der Waals surface area contributed by atoms with Crippen molar-refractivity contribution < 1.29 is 14.3 Å². The van der Waals surface area contributed by atoms with Crippen molar-refractivity contribution in [2.45, 2.75) is 91.6 Å². The van der Waals surface area contributed by atoms with Crippen LogP contribution >= 0.6 is 0 Å². The van der Waals surface area contributed by atoms with E-state index in [4.69, 9.17) is 10.5 Å². The number of rotatable bonds is 2. The third-order valence-electron chi connectivity index (χ3n) is 9.62. The van der Waals surface area contributed by atoms with Crippen molar-refractivity contribution in [3.05, 3.63) is 0 Å². The molecule has 0 radical (unpaired) electrons. The van der Waals surface area contributed by atoms with E-state index in [0.717, 1.165) is 32.1 Å². The summed E-state index contributed by atoms with van der Waals surface area (Å²) < 4.78 is 5.75. The molecule has 0 aliphatic heterocycles. The molecule has 27 heavy (non-hydrogen) atoms. The third kappa shape index (κ3) is 2.76. The Bertz CT molecular complexity index is 648. The van der Waals surface area contributed by atoms with Gasteiger partial charge in [0.2, 0.25) is 5.91 Å². The zero-order chi connectivity index (χ0) is 19.6. The highest BCUT2D eigenvalue weighted by Crippen LogP contribution is 2.71. The molecule has 3 unspecified atom stereocenters. The number of amides is 1. The first-order valence-corrected chi connectivity index (χ1v) is 11.1. The monoisotopic (exact) mass is 375 g/mol. The largest absolute Gasteiger partial charge is 0.463 e. The minimum Gasteiger partial charge on any atom is -0.463 e. The summed E-state index contributed by atoms with van der Waals surface area (Å²) in [7, 11) is 0. The zero-order valence-corrected chi connectivity index (χ0v) is 17.6. The summed E-state index contributed by atoms with van der Waals surface area (Å²) in [4.78, 5) is 24.1. The first kappa shape index (κ1) is 19.3. The fourth-order valence-electron chi connectivity index (χ4n) is 8.47. The normalized spacial score (nSPS) is 51.6. The molecule has 4 aliphatic rings. The molecule has 4 aliphatic carbocycles. The molecule has 0 aromatic heterocycles. The summed E-state index contributed by atoms with van der Waals surface area (Å²) in [5.74, 6) is 2.11. The van der Waals surface area contributed by atoms with Crippen molar-refractivity contribution in [2.24, 2.45) is 45.7 Å². The first-order chi connectivity index (χ1) is 12.6. The molecule has 1 amide bonds. The molecule has 2 bridgehead atoms. The third-order valence-corrected chi connectivity index (χ3v) is 9.62. The number of nitrogens with two attached hydrogens (primary N) is 1. The van der Waals surface area contributed by atoms with Crippen molar-refractivity contribution in [1.82, 2.24) is 0 Å². The molecule has 0 aromatic rings. The van der Waals surface area contributed by atoms with Gasteiger partial charge >= 0.3 is 5.97 Å². The fraction of sp³-hybridized carbons (Fsp3) is 0.913. The SMILES string of the molecule is CC(=O)OC1C[C@@H]2CC3(CC[C@@H]4[C@](C)(C(N)=O)CCC[C@@]4(C)C3C[C@@H]2C)C1. The predicted octanol–water partition coefficient (Wildman–Crippen LogP) is 4.45. The van der Waals surface area contributed by atoms with E-state index in [-0.39, 0.29) is 34.2 Å². The molecule has 1 spiro atoms. The van der Waals surface area contributed by atoms with Gasteiger partial charge in [0.1, 0.15) is 6.10 Å². The molecule has 0 heterocycles. The smallest absolute Gasteiger partial charge is 0.302 e. The summed E-state index contributed by atoms with van der Waals surface area (Å²) in [6, 6.07) is 0. The predicted molar refractivity (Wildman–Crippen MR) is 105 cm³/mol. The Hall–Kier alpha value is -1.06. The Morgan fingerprint density at radius 2 is 1.78 bits per heavy atom. The first-order valence-electron chi connectivity index (χ1n) is 11.1. The summed E-state index contributed by atoms with van der Waals surface area (Å²) in [5, 5.41) is 0. The topological polar surface area (TPSA) is 69.4 Å². The van der Waals surface area contributed by atoms with E-state index in [9.17, 15) is 9.59 Å². The van der Waals surface area contributed by atoms with E-state index >= 15 is 0 Å². The lowest BCUT2D eigenvalue weighted by molar-refractivity contribution is -0.203. The molecule has 2 N–H and O–H groups in total. The minimum absolute atomic E-state index is 0.0813. The highest BCUT2D eigenvalue weighted by atomic mass is 16.5. The second-order valence-electron chi connectivity index (χ2n) is 11.0. The van der Waals surface area contributed by atoms with E-state index in [1.807, 2.05) is 0 Å². The van der Waals surface area contributed by atoms with Gasteiger partial charge in [-0.25, -0.2) is 0 Å². The summed E-state index contributed by atoms with van der Waals surface area (Å²) in [5.41, 5.74) is 6.05. The van der Waals surface area contributed by atoms with E-state index in [1.54, 1.807) is 6.92 Å². The maximum absolute atomic E-state index is 12.4. The molecule has 4 rings (SSSR count). The maximum atomic E-state index is 12.4. The molecule has 152 valence electrons. The lowest BCUT2D eigenvalue weighted by Gasteiger charge is -2.67. The van der Waals surface area contributed by atoms with Gasteiger partial charge in [0.25, 0.3) is 0 Å². The standard InChI is InChI=1S/C23H37NO3/c1-14-10-19-21(3)7-5-8-22(4,20(24)26)18(21)6-9-23(19)12-16(14)11-17(13-23)27-15(2)25/h14,16-19H,5-13H2,1-4H3,(H2,24,26)/t14-,16+,17?,18-,19?,21+,22+,23?/m0/s1. The van der Waals surface area contributed by atoms with Crippen LogP contribution in [-0.2, 0) is 14.3 Å². The fourth-order valence-corrected chi connectivity index (χ4v) is 8.47. The van der Waals surface area contributed by atoms with Gasteiger partial charge in [0.15, 0.2) is 0 Å². The van der Waals surface area contributed by atoms with Crippen LogP contribution in [0.3, 0.4) is 0 Å². The Morgan fingerprint density at radius 3 is 2.44 bits per heavy atom. The van der Waals surface area contributed by atoms with Gasteiger partial charge in [-0.2, -0.15) is 0 Å². The van der Waals surface area contributed by atoms with Gasteiger partial charge in [0.05, 0.1) is 0 Å². The number of primary amides is 1. The van der Waals surface area contributed by atoms with Gasteiger partial charge in [-0.1, -0.05) is 27.2 Å². The second kappa shape index (κ2) is 6.22. The van der Waals surface area contributed by atoms with Crippen molar-refractivity contribution in [3.63, 3.8) is 0 Å². The van der Waals surface area contributed by atoms with E-state index in [1.165, 1.54) is 25.7 Å². The molecule has 4 saturated carbocycles. The molecule has 0 saturated heterocycles. The number of carbonyl (C=O) groups is 2. The second-order valence-corrected chi connectivity index (χ2v) is 11.0. The highest BCUT2D eigenvalue weighted by Gasteiger charge is 2.65. The molecular weight excluding hydrogens is 338 g/mol. The van der Waals surface area contributed by atoms with Crippen molar-refractivity contribution in [2.75, 3.05) is 0 Å². The van der Waals surface area contributed by atoms with Crippen LogP contribution in [-0.4, -0.2) is 18.0 Å². The molecule has 4 heteroatoms. The maximum Gasteiger partial charge on any atom is 0.302 e. The Morgan fingerprint density at radius 1 is 1.04 bits per heavy atom. The number of hydrogen-bond donors (Lipinski definition) is 1. The zero-order valence-electron chi connectivity index (χ0n) is 17.6. The van der Waals surface area contributed by atoms with Crippen molar-refractivity contribution in [1.29, 1.82) is 0 Å². The van der Waals surface area contributed by atoms with Crippen molar-refractivity contribution in [3.8, 4) is 0 Å². The van der Waals surface area contributed by atoms with E-state index in [2.05, 4.69) is 20.8 Å². The van der Waals surface area contributed by atoms with Crippen molar-refractivity contribution >= 4 is 11.9 Å².